The molecular weight excluding hydrogens is 172 g/mol. The van der Waals surface area contributed by atoms with Gasteiger partial charge in [-0.05, 0) is 44.2 Å². The van der Waals surface area contributed by atoms with Crippen LogP contribution in [-0.4, -0.2) is 37.1 Å². The maximum absolute atomic E-state index is 3.45. The third-order valence-corrected chi connectivity index (χ3v) is 4.57. The molecule has 3 fully saturated rings. The third-order valence-electron chi connectivity index (χ3n) is 4.57. The van der Waals surface area contributed by atoms with Gasteiger partial charge in [-0.1, -0.05) is 12.8 Å². The van der Waals surface area contributed by atoms with Crippen LogP contribution in [0.4, 0.5) is 0 Å². The van der Waals surface area contributed by atoms with E-state index in [2.05, 4.69) is 10.2 Å². The van der Waals surface area contributed by atoms with Gasteiger partial charge in [-0.2, -0.15) is 0 Å². The number of nitrogens with one attached hydrogen (secondary N) is 1. The predicted molar refractivity (Wildman–Crippen MR) is 58.4 cm³/mol. The molecule has 1 N–H and O–H groups in total. The first-order valence-corrected chi connectivity index (χ1v) is 6.33. The van der Waals surface area contributed by atoms with Gasteiger partial charge in [-0.3, -0.25) is 4.90 Å². The topological polar surface area (TPSA) is 15.3 Å². The highest BCUT2D eigenvalue weighted by Gasteiger charge is 2.46. The molecular formula is C12H22N2. The molecule has 1 aliphatic carbocycles. The van der Waals surface area contributed by atoms with E-state index in [4.69, 9.17) is 0 Å². The molecule has 0 aromatic carbocycles. The van der Waals surface area contributed by atoms with E-state index < -0.39 is 0 Å². The summed E-state index contributed by atoms with van der Waals surface area (Å²) < 4.78 is 0. The zero-order valence-corrected chi connectivity index (χ0v) is 9.10. The fraction of sp³-hybridized carbons (Fsp3) is 1.00. The Hall–Kier alpha value is -0.0800. The summed E-state index contributed by atoms with van der Waals surface area (Å²) in [4.78, 5) is 2.76. The highest BCUT2D eigenvalue weighted by atomic mass is 15.2. The molecule has 2 nitrogen and oxygen atoms in total. The van der Waals surface area contributed by atoms with Gasteiger partial charge in [0.05, 0.1) is 0 Å². The van der Waals surface area contributed by atoms with Gasteiger partial charge < -0.3 is 5.32 Å². The summed E-state index contributed by atoms with van der Waals surface area (Å²) in [5, 5.41) is 3.45. The molecule has 3 aliphatic rings. The molecule has 0 bridgehead atoms. The van der Waals surface area contributed by atoms with Gasteiger partial charge in [0.15, 0.2) is 0 Å². The molecule has 0 atom stereocenters. The van der Waals surface area contributed by atoms with Crippen molar-refractivity contribution in [2.75, 3.05) is 26.2 Å². The lowest BCUT2D eigenvalue weighted by Crippen LogP contribution is -2.60. The molecule has 1 spiro atoms. The second-order valence-electron chi connectivity index (χ2n) is 5.59. The third kappa shape index (κ3) is 1.49. The Morgan fingerprint density at radius 1 is 1.00 bits per heavy atom. The van der Waals surface area contributed by atoms with Crippen molar-refractivity contribution < 1.29 is 0 Å². The van der Waals surface area contributed by atoms with Crippen molar-refractivity contribution in [2.45, 2.75) is 44.6 Å². The van der Waals surface area contributed by atoms with Crippen molar-refractivity contribution >= 4 is 0 Å². The number of piperidine rings is 1. The fourth-order valence-corrected chi connectivity index (χ4v) is 3.69. The van der Waals surface area contributed by atoms with Crippen LogP contribution in [0.1, 0.15) is 38.5 Å². The second kappa shape index (κ2) is 3.49. The summed E-state index contributed by atoms with van der Waals surface area (Å²) in [6.07, 6.45) is 8.81. The minimum Gasteiger partial charge on any atom is -0.317 e. The summed E-state index contributed by atoms with van der Waals surface area (Å²) >= 11 is 0. The summed E-state index contributed by atoms with van der Waals surface area (Å²) in [5.74, 6) is 0. The van der Waals surface area contributed by atoms with E-state index in [1.807, 2.05) is 0 Å². The van der Waals surface area contributed by atoms with Gasteiger partial charge in [-0.25, -0.2) is 0 Å². The molecule has 1 saturated carbocycles. The Morgan fingerprint density at radius 2 is 1.64 bits per heavy atom. The predicted octanol–water partition coefficient (Wildman–Crippen LogP) is 1.61. The molecule has 0 unspecified atom stereocenters. The SMILES string of the molecule is C1CCC2(C1)CN(C1CCNCC1)C2. The molecule has 2 saturated heterocycles. The largest absolute Gasteiger partial charge is 0.317 e. The standard InChI is InChI=1S/C12H22N2/c1-2-6-12(5-1)9-14(10-12)11-3-7-13-8-4-11/h11,13H,1-10H2. The summed E-state index contributed by atoms with van der Waals surface area (Å²) in [6, 6.07) is 0.919. The summed E-state index contributed by atoms with van der Waals surface area (Å²) in [5.41, 5.74) is 0.797. The maximum atomic E-state index is 3.45. The lowest BCUT2D eigenvalue weighted by Gasteiger charge is -2.53. The lowest BCUT2D eigenvalue weighted by atomic mass is 9.76. The first kappa shape index (κ1) is 9.17. The van der Waals surface area contributed by atoms with Crippen LogP contribution in [0.25, 0.3) is 0 Å². The number of rotatable bonds is 1. The van der Waals surface area contributed by atoms with Crippen LogP contribution in [-0.2, 0) is 0 Å². The molecule has 0 radical (unpaired) electrons. The quantitative estimate of drug-likeness (QED) is 0.682. The van der Waals surface area contributed by atoms with E-state index in [0.29, 0.717) is 0 Å². The maximum Gasteiger partial charge on any atom is 0.0120 e. The monoisotopic (exact) mass is 194 g/mol. The van der Waals surface area contributed by atoms with Crippen LogP contribution in [0, 0.1) is 5.41 Å². The Kier molecular flexibility index (Phi) is 2.29. The van der Waals surface area contributed by atoms with Crippen molar-refractivity contribution in [1.82, 2.24) is 10.2 Å². The number of likely N-dealkylation sites (tertiary alicyclic amines) is 1. The molecule has 2 aliphatic heterocycles. The van der Waals surface area contributed by atoms with Gasteiger partial charge in [0.25, 0.3) is 0 Å². The highest BCUT2D eigenvalue weighted by molar-refractivity contribution is 5.00. The van der Waals surface area contributed by atoms with E-state index in [9.17, 15) is 0 Å². The average Bonchev–Trinajstić information content (AvgIpc) is 2.65. The van der Waals surface area contributed by atoms with E-state index in [1.54, 1.807) is 0 Å². The van der Waals surface area contributed by atoms with Gasteiger partial charge in [0.1, 0.15) is 0 Å². The first-order valence-electron chi connectivity index (χ1n) is 6.33. The van der Waals surface area contributed by atoms with Crippen molar-refractivity contribution in [1.29, 1.82) is 0 Å². The molecule has 2 heteroatoms. The van der Waals surface area contributed by atoms with Crippen LogP contribution in [0.2, 0.25) is 0 Å². The van der Waals surface area contributed by atoms with Crippen LogP contribution in [0.5, 0.6) is 0 Å². The molecule has 14 heavy (non-hydrogen) atoms. The smallest absolute Gasteiger partial charge is 0.0120 e. The second-order valence-corrected chi connectivity index (χ2v) is 5.59. The Morgan fingerprint density at radius 3 is 2.29 bits per heavy atom. The molecule has 2 heterocycles. The van der Waals surface area contributed by atoms with Crippen LogP contribution < -0.4 is 5.32 Å². The van der Waals surface area contributed by atoms with E-state index in [1.165, 1.54) is 64.7 Å². The van der Waals surface area contributed by atoms with Crippen molar-refractivity contribution in [3.8, 4) is 0 Å². The summed E-state index contributed by atoms with van der Waals surface area (Å²) in [7, 11) is 0. The zero-order valence-electron chi connectivity index (χ0n) is 9.10. The number of hydrogen-bond donors (Lipinski definition) is 1. The Bertz CT molecular complexity index is 194. The van der Waals surface area contributed by atoms with Crippen LogP contribution in [0.3, 0.4) is 0 Å². The van der Waals surface area contributed by atoms with Crippen molar-refractivity contribution in [3.05, 3.63) is 0 Å². The molecule has 80 valence electrons. The number of nitrogens with zero attached hydrogens (tertiary/aromatic N) is 1. The Labute approximate surface area is 87.0 Å². The molecule has 3 rings (SSSR count). The molecule has 0 amide bonds. The van der Waals surface area contributed by atoms with Crippen LogP contribution in [0.15, 0.2) is 0 Å². The van der Waals surface area contributed by atoms with Gasteiger partial charge in [0, 0.05) is 19.1 Å². The average molecular weight is 194 g/mol. The van der Waals surface area contributed by atoms with Crippen molar-refractivity contribution in [2.24, 2.45) is 5.41 Å². The lowest BCUT2D eigenvalue weighted by molar-refractivity contribution is -0.0348. The van der Waals surface area contributed by atoms with E-state index in [0.717, 1.165) is 11.5 Å². The van der Waals surface area contributed by atoms with E-state index in [-0.39, 0.29) is 0 Å². The van der Waals surface area contributed by atoms with Crippen molar-refractivity contribution in [3.63, 3.8) is 0 Å². The summed E-state index contributed by atoms with van der Waals surface area (Å²) in [6.45, 7) is 5.34. The molecule has 0 aromatic heterocycles. The minimum atomic E-state index is 0.797. The van der Waals surface area contributed by atoms with Gasteiger partial charge >= 0.3 is 0 Å². The number of hydrogen-bond acceptors (Lipinski definition) is 2. The van der Waals surface area contributed by atoms with Gasteiger partial charge in [-0.15, -0.1) is 0 Å². The van der Waals surface area contributed by atoms with E-state index >= 15 is 0 Å². The molecule has 0 aromatic rings. The van der Waals surface area contributed by atoms with Crippen LogP contribution >= 0.6 is 0 Å². The van der Waals surface area contributed by atoms with Gasteiger partial charge in [0.2, 0.25) is 0 Å². The normalized spacial score (nSPS) is 33.4. The Balaban J connectivity index is 1.52. The first-order chi connectivity index (χ1) is 6.88. The highest BCUT2D eigenvalue weighted by Crippen LogP contribution is 2.46. The zero-order chi connectivity index (χ0) is 9.43. The fourth-order valence-electron chi connectivity index (χ4n) is 3.69. The minimum absolute atomic E-state index is 0.797.